The van der Waals surface area contributed by atoms with E-state index in [1.807, 2.05) is 6.07 Å². The fourth-order valence-corrected chi connectivity index (χ4v) is 4.03. The van der Waals surface area contributed by atoms with Crippen LogP contribution in [0.2, 0.25) is 0 Å². The first-order valence-electron chi connectivity index (χ1n) is 7.76. The number of phenolic OH excluding ortho intramolecular Hbond substituents is 1. The normalized spacial score (nSPS) is 27.6. The van der Waals surface area contributed by atoms with Crippen LogP contribution in [0.4, 0.5) is 0 Å². The number of hydrogen-bond donors (Lipinski definition) is 1. The monoisotopic (exact) mass is 272 g/mol. The molecule has 0 saturated heterocycles. The van der Waals surface area contributed by atoms with E-state index < -0.39 is 0 Å². The van der Waals surface area contributed by atoms with E-state index in [1.165, 1.54) is 43.2 Å². The SMILES string of the molecule is C/C=C1\CCC(C2CCCc3cc(O)c(OC)cc32)C1. The maximum Gasteiger partial charge on any atom is 0.160 e. The largest absolute Gasteiger partial charge is 0.504 e. The summed E-state index contributed by atoms with van der Waals surface area (Å²) < 4.78 is 5.30. The molecule has 3 rings (SSSR count). The van der Waals surface area contributed by atoms with Crippen LogP contribution in [-0.4, -0.2) is 12.2 Å². The van der Waals surface area contributed by atoms with Crippen molar-refractivity contribution in [2.24, 2.45) is 5.92 Å². The molecule has 20 heavy (non-hydrogen) atoms. The Morgan fingerprint density at radius 2 is 2.10 bits per heavy atom. The first-order valence-corrected chi connectivity index (χ1v) is 7.76. The number of benzene rings is 1. The number of allylic oxidation sites excluding steroid dienone is 2. The van der Waals surface area contributed by atoms with Gasteiger partial charge < -0.3 is 9.84 Å². The zero-order valence-corrected chi connectivity index (χ0v) is 12.5. The van der Waals surface area contributed by atoms with Crippen molar-refractivity contribution in [2.75, 3.05) is 7.11 Å². The molecular weight excluding hydrogens is 248 g/mol. The minimum Gasteiger partial charge on any atom is -0.504 e. The Labute approximate surface area is 121 Å². The third-order valence-corrected chi connectivity index (χ3v) is 5.14. The average molecular weight is 272 g/mol. The number of aromatic hydroxyl groups is 1. The summed E-state index contributed by atoms with van der Waals surface area (Å²) in [6.07, 6.45) is 9.74. The smallest absolute Gasteiger partial charge is 0.160 e. The molecule has 1 aromatic rings. The molecule has 2 heteroatoms. The number of rotatable bonds is 2. The molecule has 2 atom stereocenters. The lowest BCUT2D eigenvalue weighted by molar-refractivity contribution is 0.362. The van der Waals surface area contributed by atoms with Crippen molar-refractivity contribution in [2.45, 2.75) is 51.4 Å². The Balaban J connectivity index is 1.93. The standard InChI is InChI=1S/C18H24O2/c1-3-12-7-8-14(9-12)15-6-4-5-13-10-17(19)18(20-2)11-16(13)15/h3,10-11,14-15,19H,4-9H2,1-2H3/b12-3+. The molecule has 0 amide bonds. The Morgan fingerprint density at radius 1 is 1.25 bits per heavy atom. The van der Waals surface area contributed by atoms with E-state index in [-0.39, 0.29) is 5.75 Å². The van der Waals surface area contributed by atoms with Gasteiger partial charge in [-0.3, -0.25) is 0 Å². The molecule has 2 aliphatic carbocycles. The molecule has 1 N–H and O–H groups in total. The maximum absolute atomic E-state index is 9.96. The van der Waals surface area contributed by atoms with Crippen LogP contribution in [0.25, 0.3) is 0 Å². The molecule has 2 aliphatic rings. The van der Waals surface area contributed by atoms with Crippen LogP contribution in [0.15, 0.2) is 23.8 Å². The average Bonchev–Trinajstić information content (AvgIpc) is 2.94. The van der Waals surface area contributed by atoms with E-state index in [9.17, 15) is 5.11 Å². The predicted molar refractivity (Wildman–Crippen MR) is 81.4 cm³/mol. The van der Waals surface area contributed by atoms with Gasteiger partial charge in [-0.1, -0.05) is 11.6 Å². The fraction of sp³-hybridized carbons (Fsp3) is 0.556. The van der Waals surface area contributed by atoms with Crippen LogP contribution < -0.4 is 4.74 Å². The second-order valence-corrected chi connectivity index (χ2v) is 6.17. The van der Waals surface area contributed by atoms with Crippen LogP contribution >= 0.6 is 0 Å². The lowest BCUT2D eigenvalue weighted by Gasteiger charge is -2.30. The summed E-state index contributed by atoms with van der Waals surface area (Å²) in [4.78, 5) is 0. The molecule has 0 aliphatic heterocycles. The maximum atomic E-state index is 9.96. The van der Waals surface area contributed by atoms with E-state index in [0.717, 1.165) is 12.3 Å². The lowest BCUT2D eigenvalue weighted by atomic mass is 9.75. The highest BCUT2D eigenvalue weighted by atomic mass is 16.5. The molecule has 2 unspecified atom stereocenters. The van der Waals surface area contributed by atoms with Gasteiger partial charge in [0.15, 0.2) is 11.5 Å². The number of methoxy groups -OCH3 is 1. The van der Waals surface area contributed by atoms with Gasteiger partial charge in [0.1, 0.15) is 0 Å². The van der Waals surface area contributed by atoms with Gasteiger partial charge in [0.05, 0.1) is 7.11 Å². The molecule has 0 aromatic heterocycles. The summed E-state index contributed by atoms with van der Waals surface area (Å²) in [7, 11) is 1.63. The number of hydrogen-bond acceptors (Lipinski definition) is 2. The van der Waals surface area contributed by atoms with Gasteiger partial charge >= 0.3 is 0 Å². The minimum atomic E-state index is 0.285. The summed E-state index contributed by atoms with van der Waals surface area (Å²) in [5.41, 5.74) is 4.37. The fourth-order valence-electron chi connectivity index (χ4n) is 4.03. The first kappa shape index (κ1) is 13.5. The number of aryl methyl sites for hydroxylation is 1. The summed E-state index contributed by atoms with van der Waals surface area (Å²) in [6.45, 7) is 2.16. The third-order valence-electron chi connectivity index (χ3n) is 5.14. The Morgan fingerprint density at radius 3 is 2.80 bits per heavy atom. The van der Waals surface area contributed by atoms with E-state index >= 15 is 0 Å². The van der Waals surface area contributed by atoms with Gasteiger partial charge in [-0.2, -0.15) is 0 Å². The molecule has 0 bridgehead atoms. The van der Waals surface area contributed by atoms with Gasteiger partial charge in [0.25, 0.3) is 0 Å². The van der Waals surface area contributed by atoms with Crippen LogP contribution in [0.1, 0.15) is 56.1 Å². The molecule has 0 spiro atoms. The molecule has 1 saturated carbocycles. The molecule has 0 radical (unpaired) electrons. The number of ether oxygens (including phenoxy) is 1. The van der Waals surface area contributed by atoms with Crippen LogP contribution in [0.5, 0.6) is 11.5 Å². The van der Waals surface area contributed by atoms with Gasteiger partial charge in [-0.05, 0) is 80.5 Å². The van der Waals surface area contributed by atoms with Crippen molar-refractivity contribution in [3.8, 4) is 11.5 Å². The topological polar surface area (TPSA) is 29.5 Å². The highest BCUT2D eigenvalue weighted by Gasteiger charge is 2.32. The van der Waals surface area contributed by atoms with Gasteiger partial charge in [-0.15, -0.1) is 0 Å². The second kappa shape index (κ2) is 5.51. The summed E-state index contributed by atoms with van der Waals surface area (Å²) >= 11 is 0. The molecule has 108 valence electrons. The van der Waals surface area contributed by atoms with E-state index in [1.54, 1.807) is 12.7 Å². The van der Waals surface area contributed by atoms with Gasteiger partial charge in [0.2, 0.25) is 0 Å². The highest BCUT2D eigenvalue weighted by molar-refractivity contribution is 5.49. The minimum absolute atomic E-state index is 0.285. The third kappa shape index (κ3) is 2.32. The van der Waals surface area contributed by atoms with Gasteiger partial charge in [-0.25, -0.2) is 0 Å². The Hall–Kier alpha value is -1.44. The van der Waals surface area contributed by atoms with E-state index in [2.05, 4.69) is 19.1 Å². The van der Waals surface area contributed by atoms with Crippen LogP contribution in [0, 0.1) is 5.92 Å². The van der Waals surface area contributed by atoms with Crippen LogP contribution in [0.3, 0.4) is 0 Å². The molecule has 2 nitrogen and oxygen atoms in total. The summed E-state index contributed by atoms with van der Waals surface area (Å²) in [5.74, 6) is 2.33. The van der Waals surface area contributed by atoms with Crippen molar-refractivity contribution in [1.82, 2.24) is 0 Å². The first-order chi connectivity index (χ1) is 9.72. The second-order valence-electron chi connectivity index (χ2n) is 6.17. The quantitative estimate of drug-likeness (QED) is 0.799. The van der Waals surface area contributed by atoms with Crippen molar-refractivity contribution in [3.05, 3.63) is 34.9 Å². The van der Waals surface area contributed by atoms with Crippen molar-refractivity contribution in [1.29, 1.82) is 0 Å². The van der Waals surface area contributed by atoms with E-state index in [4.69, 9.17) is 4.74 Å². The highest BCUT2D eigenvalue weighted by Crippen LogP contribution is 2.47. The molecule has 1 aromatic carbocycles. The summed E-state index contributed by atoms with van der Waals surface area (Å²) in [5, 5.41) is 9.96. The zero-order valence-electron chi connectivity index (χ0n) is 12.5. The molecular formula is C18H24O2. The van der Waals surface area contributed by atoms with Crippen molar-refractivity contribution in [3.63, 3.8) is 0 Å². The number of phenols is 1. The van der Waals surface area contributed by atoms with Crippen molar-refractivity contribution >= 4 is 0 Å². The lowest BCUT2D eigenvalue weighted by Crippen LogP contribution is -2.17. The van der Waals surface area contributed by atoms with Crippen LogP contribution in [-0.2, 0) is 6.42 Å². The molecule has 0 heterocycles. The Bertz CT molecular complexity index is 530. The zero-order chi connectivity index (χ0) is 14.1. The number of fused-ring (bicyclic) bond motifs is 1. The van der Waals surface area contributed by atoms with Crippen molar-refractivity contribution < 1.29 is 9.84 Å². The van der Waals surface area contributed by atoms with Gasteiger partial charge in [0, 0.05) is 0 Å². The molecule has 1 fully saturated rings. The van der Waals surface area contributed by atoms with E-state index in [0.29, 0.717) is 11.7 Å². The summed E-state index contributed by atoms with van der Waals surface area (Å²) in [6, 6.07) is 4.01. The predicted octanol–water partition coefficient (Wildman–Crippen LogP) is 4.57. The Kier molecular flexibility index (Phi) is 3.73.